The zero-order valence-electron chi connectivity index (χ0n) is 8.94. The number of fused-ring (bicyclic) bond motifs is 1. The molecule has 0 fully saturated rings. The third-order valence-corrected chi connectivity index (χ3v) is 2.39. The molecule has 0 spiro atoms. The van der Waals surface area contributed by atoms with Crippen LogP contribution in [0.25, 0.3) is 11.0 Å². The lowest BCUT2D eigenvalue weighted by Crippen LogP contribution is -2.25. The molecule has 0 radical (unpaired) electrons. The highest BCUT2D eigenvalue weighted by atomic mass is 15.3. The molecule has 15 heavy (non-hydrogen) atoms. The van der Waals surface area contributed by atoms with Crippen LogP contribution in [0.4, 0.5) is 5.69 Å². The first-order valence-electron chi connectivity index (χ1n) is 4.95. The normalized spacial score (nSPS) is 13.0. The van der Waals surface area contributed by atoms with Crippen molar-refractivity contribution >= 4 is 16.7 Å². The predicted molar refractivity (Wildman–Crippen MR) is 60.6 cm³/mol. The van der Waals surface area contributed by atoms with Crippen LogP contribution in [0.2, 0.25) is 0 Å². The average molecular weight is 205 g/mol. The Bertz CT molecular complexity index is 462. The molecule has 5 nitrogen and oxygen atoms in total. The first-order valence-corrected chi connectivity index (χ1v) is 4.95. The topological polar surface area (TPSA) is 68.8 Å². The summed E-state index contributed by atoms with van der Waals surface area (Å²) in [6.45, 7) is 2.65. The van der Waals surface area contributed by atoms with Crippen LogP contribution >= 0.6 is 0 Å². The van der Waals surface area contributed by atoms with Gasteiger partial charge >= 0.3 is 0 Å². The molecule has 0 aliphatic rings. The maximum absolute atomic E-state index is 5.57. The number of nitrogens with zero attached hydrogens (tertiary/aromatic N) is 3. The van der Waals surface area contributed by atoms with Crippen molar-refractivity contribution in [2.75, 3.05) is 11.9 Å². The van der Waals surface area contributed by atoms with Crippen LogP contribution in [-0.2, 0) is 7.05 Å². The molecule has 2 heterocycles. The summed E-state index contributed by atoms with van der Waals surface area (Å²) in [4.78, 5) is 4.26. The highest BCUT2D eigenvalue weighted by Gasteiger charge is 2.07. The monoisotopic (exact) mass is 205 g/mol. The maximum Gasteiger partial charge on any atom is 0.159 e. The molecule has 0 saturated carbocycles. The smallest absolute Gasteiger partial charge is 0.159 e. The van der Waals surface area contributed by atoms with E-state index in [9.17, 15) is 0 Å². The van der Waals surface area contributed by atoms with E-state index in [4.69, 9.17) is 5.73 Å². The molecule has 0 aliphatic heterocycles. The number of aryl methyl sites for hydroxylation is 1. The predicted octanol–water partition coefficient (Wildman–Crippen LogP) is 0.727. The Hall–Kier alpha value is -1.62. The van der Waals surface area contributed by atoms with Crippen LogP contribution in [-0.4, -0.2) is 27.4 Å². The minimum Gasteiger partial charge on any atom is -0.381 e. The van der Waals surface area contributed by atoms with Crippen molar-refractivity contribution in [3.05, 3.63) is 18.5 Å². The fourth-order valence-electron chi connectivity index (χ4n) is 1.50. The molecule has 0 bridgehead atoms. The molecule has 2 rings (SSSR count). The van der Waals surface area contributed by atoms with E-state index < -0.39 is 0 Å². The van der Waals surface area contributed by atoms with Gasteiger partial charge in [0.05, 0.1) is 11.6 Å². The average Bonchev–Trinajstić information content (AvgIpc) is 2.62. The van der Waals surface area contributed by atoms with Gasteiger partial charge in [0, 0.05) is 31.5 Å². The van der Waals surface area contributed by atoms with E-state index in [1.165, 1.54) is 0 Å². The minimum absolute atomic E-state index is 0.246. The highest BCUT2D eigenvalue weighted by molar-refractivity contribution is 5.88. The Balaban J connectivity index is 2.43. The molecular weight excluding hydrogens is 190 g/mol. The summed E-state index contributed by atoms with van der Waals surface area (Å²) in [6, 6.07) is 2.19. The van der Waals surface area contributed by atoms with Crippen LogP contribution in [0.1, 0.15) is 6.92 Å². The third-order valence-electron chi connectivity index (χ3n) is 2.39. The summed E-state index contributed by atoms with van der Waals surface area (Å²) in [5.41, 5.74) is 7.48. The Kier molecular flexibility index (Phi) is 2.55. The van der Waals surface area contributed by atoms with E-state index in [1.807, 2.05) is 26.2 Å². The van der Waals surface area contributed by atoms with Gasteiger partial charge in [-0.25, -0.2) is 4.98 Å². The van der Waals surface area contributed by atoms with E-state index in [0.29, 0.717) is 6.54 Å². The molecule has 0 saturated heterocycles. The van der Waals surface area contributed by atoms with Gasteiger partial charge in [0.1, 0.15) is 0 Å². The Morgan fingerprint density at radius 1 is 1.60 bits per heavy atom. The zero-order chi connectivity index (χ0) is 10.8. The van der Waals surface area contributed by atoms with Crippen molar-refractivity contribution in [2.24, 2.45) is 12.8 Å². The summed E-state index contributed by atoms with van der Waals surface area (Å²) in [5.74, 6) is 0. The second kappa shape index (κ2) is 3.86. The molecule has 2 aromatic heterocycles. The van der Waals surface area contributed by atoms with Crippen LogP contribution < -0.4 is 11.1 Å². The van der Waals surface area contributed by atoms with Gasteiger partial charge in [-0.05, 0) is 13.0 Å². The number of aromatic nitrogens is 3. The summed E-state index contributed by atoms with van der Waals surface area (Å²) in [5, 5.41) is 8.53. The highest BCUT2D eigenvalue weighted by Crippen LogP contribution is 2.20. The van der Waals surface area contributed by atoms with Gasteiger partial charge in [-0.2, -0.15) is 5.10 Å². The molecule has 0 aliphatic carbocycles. The number of rotatable bonds is 3. The molecule has 1 atom stereocenters. The van der Waals surface area contributed by atoms with Gasteiger partial charge in [-0.1, -0.05) is 0 Å². The Morgan fingerprint density at radius 2 is 2.40 bits per heavy atom. The van der Waals surface area contributed by atoms with Gasteiger partial charge in [0.15, 0.2) is 5.65 Å². The molecule has 5 heteroatoms. The number of anilines is 1. The number of hydrogen-bond donors (Lipinski definition) is 2. The van der Waals surface area contributed by atoms with Crippen molar-refractivity contribution in [1.82, 2.24) is 14.8 Å². The Morgan fingerprint density at radius 3 is 3.13 bits per heavy atom. The van der Waals surface area contributed by atoms with E-state index >= 15 is 0 Å². The SMILES string of the molecule is CC(CN)Nc1ccnc2c1cnn2C. The molecule has 1 unspecified atom stereocenters. The number of hydrogen-bond acceptors (Lipinski definition) is 4. The zero-order valence-corrected chi connectivity index (χ0v) is 8.94. The minimum atomic E-state index is 0.246. The lowest BCUT2D eigenvalue weighted by Gasteiger charge is -2.13. The largest absolute Gasteiger partial charge is 0.381 e. The first-order chi connectivity index (χ1) is 7.22. The standard InChI is InChI=1S/C10H15N5/c1-7(5-11)14-9-3-4-12-10-8(9)6-13-15(10)2/h3-4,6-7H,5,11H2,1-2H3,(H,12,14). The fraction of sp³-hybridized carbons (Fsp3) is 0.400. The molecular formula is C10H15N5. The van der Waals surface area contributed by atoms with E-state index in [2.05, 4.69) is 15.4 Å². The van der Waals surface area contributed by atoms with Gasteiger partial charge in [-0.15, -0.1) is 0 Å². The van der Waals surface area contributed by atoms with E-state index in [1.54, 1.807) is 10.9 Å². The molecule has 80 valence electrons. The van der Waals surface area contributed by atoms with Gasteiger partial charge in [0.2, 0.25) is 0 Å². The quantitative estimate of drug-likeness (QED) is 0.775. The molecule has 0 aromatic carbocycles. The second-order valence-corrected chi connectivity index (χ2v) is 3.65. The summed E-state index contributed by atoms with van der Waals surface area (Å²) in [7, 11) is 1.88. The van der Waals surface area contributed by atoms with Gasteiger partial charge in [-0.3, -0.25) is 4.68 Å². The van der Waals surface area contributed by atoms with Crippen LogP contribution in [0, 0.1) is 0 Å². The van der Waals surface area contributed by atoms with Crippen molar-refractivity contribution in [1.29, 1.82) is 0 Å². The molecule has 0 amide bonds. The second-order valence-electron chi connectivity index (χ2n) is 3.65. The van der Waals surface area contributed by atoms with Crippen molar-refractivity contribution in [2.45, 2.75) is 13.0 Å². The van der Waals surface area contributed by atoms with Gasteiger partial charge < -0.3 is 11.1 Å². The lowest BCUT2D eigenvalue weighted by molar-refractivity contribution is 0.786. The van der Waals surface area contributed by atoms with Crippen molar-refractivity contribution in [3.63, 3.8) is 0 Å². The number of pyridine rings is 1. The molecule has 3 N–H and O–H groups in total. The van der Waals surface area contributed by atoms with Crippen LogP contribution in [0.5, 0.6) is 0 Å². The third kappa shape index (κ3) is 1.78. The number of nitrogens with one attached hydrogen (secondary N) is 1. The fourth-order valence-corrected chi connectivity index (χ4v) is 1.50. The Labute approximate surface area is 88.3 Å². The first kappa shape index (κ1) is 9.92. The molecule has 2 aromatic rings. The number of nitrogens with two attached hydrogens (primary N) is 1. The van der Waals surface area contributed by atoms with E-state index in [-0.39, 0.29) is 6.04 Å². The van der Waals surface area contributed by atoms with Gasteiger partial charge in [0.25, 0.3) is 0 Å². The van der Waals surface area contributed by atoms with Crippen molar-refractivity contribution < 1.29 is 0 Å². The lowest BCUT2D eigenvalue weighted by atomic mass is 10.2. The van der Waals surface area contributed by atoms with E-state index in [0.717, 1.165) is 16.7 Å². The van der Waals surface area contributed by atoms with Crippen molar-refractivity contribution in [3.8, 4) is 0 Å². The summed E-state index contributed by atoms with van der Waals surface area (Å²) >= 11 is 0. The van der Waals surface area contributed by atoms with Crippen LogP contribution in [0.3, 0.4) is 0 Å². The maximum atomic E-state index is 5.57. The summed E-state index contributed by atoms with van der Waals surface area (Å²) in [6.07, 6.45) is 3.59. The van der Waals surface area contributed by atoms with Crippen LogP contribution in [0.15, 0.2) is 18.5 Å². The summed E-state index contributed by atoms with van der Waals surface area (Å²) < 4.78 is 1.76.